The Kier molecular flexibility index (Phi) is 4.92. The maximum Gasteiger partial charge on any atom is 0.328 e. The van der Waals surface area contributed by atoms with Gasteiger partial charge in [-0.25, -0.2) is 9.59 Å². The first-order chi connectivity index (χ1) is 8.02. The molecule has 1 atom stereocenters. The second-order valence-corrected chi connectivity index (χ2v) is 4.79. The molecular formula is C10H14N2O4S. The van der Waals surface area contributed by atoms with Crippen molar-refractivity contribution in [2.24, 2.45) is 0 Å². The Labute approximate surface area is 102 Å². The van der Waals surface area contributed by atoms with Crippen molar-refractivity contribution in [3.05, 3.63) is 21.9 Å². The minimum atomic E-state index is -1.28. The van der Waals surface area contributed by atoms with E-state index in [1.54, 1.807) is 11.3 Å². The molecule has 1 aromatic rings. The number of rotatable bonds is 5. The van der Waals surface area contributed by atoms with Gasteiger partial charge in [-0.1, -0.05) is 0 Å². The Morgan fingerprint density at radius 2 is 2.18 bits per heavy atom. The van der Waals surface area contributed by atoms with Crippen molar-refractivity contribution < 1.29 is 19.8 Å². The molecule has 0 aliphatic carbocycles. The zero-order chi connectivity index (χ0) is 12.8. The molecule has 0 spiro atoms. The van der Waals surface area contributed by atoms with Crippen LogP contribution in [0.4, 0.5) is 4.79 Å². The zero-order valence-electron chi connectivity index (χ0n) is 9.27. The number of thiophene rings is 1. The summed E-state index contributed by atoms with van der Waals surface area (Å²) < 4.78 is 0. The van der Waals surface area contributed by atoms with Crippen LogP contribution < -0.4 is 10.6 Å². The second-order valence-electron chi connectivity index (χ2n) is 3.41. The van der Waals surface area contributed by atoms with E-state index in [1.165, 1.54) is 0 Å². The SMILES string of the molecule is Cc1ccc(CNC(=O)NC(CO)C(=O)O)s1. The molecule has 4 N–H and O–H groups in total. The maximum atomic E-state index is 11.3. The van der Waals surface area contributed by atoms with E-state index < -0.39 is 24.6 Å². The van der Waals surface area contributed by atoms with Crippen LogP contribution >= 0.6 is 11.3 Å². The molecule has 0 radical (unpaired) electrons. The van der Waals surface area contributed by atoms with Crippen LogP contribution in [-0.2, 0) is 11.3 Å². The number of carbonyl (C=O) groups is 2. The van der Waals surface area contributed by atoms with Gasteiger partial charge in [0.25, 0.3) is 0 Å². The number of aliphatic carboxylic acids is 1. The molecule has 0 fully saturated rings. The first kappa shape index (κ1) is 13.5. The van der Waals surface area contributed by atoms with Crippen LogP contribution in [0.25, 0.3) is 0 Å². The van der Waals surface area contributed by atoms with E-state index in [-0.39, 0.29) is 0 Å². The molecule has 1 heterocycles. The molecule has 0 aliphatic heterocycles. The van der Waals surface area contributed by atoms with Crippen molar-refractivity contribution >= 4 is 23.3 Å². The summed E-state index contributed by atoms with van der Waals surface area (Å²) in [5.74, 6) is -1.27. The van der Waals surface area contributed by atoms with Gasteiger partial charge < -0.3 is 20.8 Å². The fourth-order valence-electron chi connectivity index (χ4n) is 1.14. The summed E-state index contributed by atoms with van der Waals surface area (Å²) in [6.45, 7) is 1.66. The Hall–Kier alpha value is -1.60. The van der Waals surface area contributed by atoms with E-state index >= 15 is 0 Å². The summed E-state index contributed by atoms with van der Waals surface area (Å²) in [4.78, 5) is 24.0. The highest BCUT2D eigenvalue weighted by atomic mass is 32.1. The van der Waals surface area contributed by atoms with Crippen LogP contribution in [0.5, 0.6) is 0 Å². The number of nitrogens with one attached hydrogen (secondary N) is 2. The summed E-state index contributed by atoms with van der Waals surface area (Å²) in [7, 11) is 0. The molecule has 0 saturated heterocycles. The largest absolute Gasteiger partial charge is 0.480 e. The molecule has 17 heavy (non-hydrogen) atoms. The standard InChI is InChI=1S/C10H14N2O4S/c1-6-2-3-7(17-6)4-11-10(16)12-8(5-13)9(14)15/h2-3,8,13H,4-5H2,1H3,(H,14,15)(H2,11,12,16). The quantitative estimate of drug-likeness (QED) is 0.610. The minimum absolute atomic E-state index is 0.335. The maximum absolute atomic E-state index is 11.3. The minimum Gasteiger partial charge on any atom is -0.480 e. The van der Waals surface area contributed by atoms with Crippen molar-refractivity contribution in [3.8, 4) is 0 Å². The lowest BCUT2D eigenvalue weighted by atomic mass is 10.3. The van der Waals surface area contributed by atoms with Gasteiger partial charge in [-0.2, -0.15) is 0 Å². The van der Waals surface area contributed by atoms with Crippen molar-refractivity contribution in [1.82, 2.24) is 10.6 Å². The third kappa shape index (κ3) is 4.41. The number of aliphatic hydroxyl groups is 1. The van der Waals surface area contributed by atoms with E-state index in [2.05, 4.69) is 10.6 Å². The second kappa shape index (κ2) is 6.21. The molecule has 1 unspecified atom stereocenters. The van der Waals surface area contributed by atoms with Crippen LogP contribution in [0, 0.1) is 6.92 Å². The Bertz CT molecular complexity index is 405. The predicted molar refractivity (Wildman–Crippen MR) is 62.9 cm³/mol. The number of carbonyl (C=O) groups excluding carboxylic acids is 1. The van der Waals surface area contributed by atoms with Gasteiger partial charge in [0.05, 0.1) is 13.2 Å². The predicted octanol–water partition coefficient (Wildman–Crippen LogP) is 0.301. The third-order valence-electron chi connectivity index (χ3n) is 2.01. The van der Waals surface area contributed by atoms with Gasteiger partial charge in [-0.05, 0) is 19.1 Å². The first-order valence-corrected chi connectivity index (χ1v) is 5.78. The van der Waals surface area contributed by atoms with E-state index in [1.807, 2.05) is 19.1 Å². The number of amides is 2. The lowest BCUT2D eigenvalue weighted by Crippen LogP contribution is -2.47. The highest BCUT2D eigenvalue weighted by molar-refractivity contribution is 7.11. The van der Waals surface area contributed by atoms with Crippen molar-refractivity contribution in [2.45, 2.75) is 19.5 Å². The smallest absolute Gasteiger partial charge is 0.328 e. The lowest BCUT2D eigenvalue weighted by molar-refractivity contribution is -0.140. The molecule has 0 saturated carbocycles. The Morgan fingerprint density at radius 3 is 2.65 bits per heavy atom. The number of hydrogen-bond donors (Lipinski definition) is 4. The van der Waals surface area contributed by atoms with Gasteiger partial charge in [-0.15, -0.1) is 11.3 Å². The number of carboxylic acids is 1. The van der Waals surface area contributed by atoms with Crippen LogP contribution in [0.2, 0.25) is 0 Å². The van der Waals surface area contributed by atoms with Crippen molar-refractivity contribution in [1.29, 1.82) is 0 Å². The van der Waals surface area contributed by atoms with Crippen LogP contribution in [0.3, 0.4) is 0 Å². The van der Waals surface area contributed by atoms with Crippen LogP contribution in [0.1, 0.15) is 9.75 Å². The van der Waals surface area contributed by atoms with E-state index in [4.69, 9.17) is 10.2 Å². The van der Waals surface area contributed by atoms with E-state index in [0.717, 1.165) is 9.75 Å². The van der Waals surface area contributed by atoms with Crippen LogP contribution in [-0.4, -0.2) is 34.9 Å². The molecule has 0 aromatic carbocycles. The Morgan fingerprint density at radius 1 is 1.47 bits per heavy atom. The van der Waals surface area contributed by atoms with Gasteiger partial charge in [0.15, 0.2) is 6.04 Å². The first-order valence-electron chi connectivity index (χ1n) is 4.96. The van der Waals surface area contributed by atoms with Gasteiger partial charge in [0, 0.05) is 9.75 Å². The summed E-state index contributed by atoms with van der Waals surface area (Å²) in [6, 6.07) is 1.94. The van der Waals surface area contributed by atoms with Gasteiger partial charge in [-0.3, -0.25) is 0 Å². The fraction of sp³-hybridized carbons (Fsp3) is 0.400. The van der Waals surface area contributed by atoms with E-state index in [9.17, 15) is 9.59 Å². The van der Waals surface area contributed by atoms with Crippen molar-refractivity contribution in [2.75, 3.05) is 6.61 Å². The summed E-state index contributed by atoms with van der Waals surface area (Å²) in [5, 5.41) is 22.0. The Balaban J connectivity index is 2.37. The third-order valence-corrected chi connectivity index (χ3v) is 3.01. The molecule has 94 valence electrons. The molecule has 2 amide bonds. The van der Waals surface area contributed by atoms with Gasteiger partial charge >= 0.3 is 12.0 Å². The number of aryl methyl sites for hydroxylation is 1. The molecule has 0 bridgehead atoms. The molecule has 7 heteroatoms. The number of carboxylic acid groups (broad SMARTS) is 1. The van der Waals surface area contributed by atoms with Gasteiger partial charge in [0.1, 0.15) is 0 Å². The van der Waals surface area contributed by atoms with E-state index in [0.29, 0.717) is 6.54 Å². The topological polar surface area (TPSA) is 98.7 Å². The summed E-state index contributed by atoms with van der Waals surface area (Å²) >= 11 is 1.55. The number of aliphatic hydroxyl groups excluding tert-OH is 1. The number of hydrogen-bond acceptors (Lipinski definition) is 4. The van der Waals surface area contributed by atoms with Gasteiger partial charge in [0.2, 0.25) is 0 Å². The highest BCUT2D eigenvalue weighted by Gasteiger charge is 2.18. The molecule has 1 aromatic heterocycles. The normalized spacial score (nSPS) is 11.9. The number of urea groups is 1. The zero-order valence-corrected chi connectivity index (χ0v) is 10.1. The fourth-order valence-corrected chi connectivity index (χ4v) is 1.97. The summed E-state index contributed by atoms with van der Waals surface area (Å²) in [6.07, 6.45) is 0. The van der Waals surface area contributed by atoms with Crippen LogP contribution in [0.15, 0.2) is 12.1 Å². The molecular weight excluding hydrogens is 244 g/mol. The summed E-state index contributed by atoms with van der Waals surface area (Å²) in [5.41, 5.74) is 0. The average Bonchev–Trinajstić information content (AvgIpc) is 2.68. The average molecular weight is 258 g/mol. The molecule has 6 nitrogen and oxygen atoms in total. The molecule has 0 aliphatic rings. The highest BCUT2D eigenvalue weighted by Crippen LogP contribution is 2.14. The molecule has 1 rings (SSSR count). The van der Waals surface area contributed by atoms with Crippen molar-refractivity contribution in [3.63, 3.8) is 0 Å². The lowest BCUT2D eigenvalue weighted by Gasteiger charge is -2.12. The monoisotopic (exact) mass is 258 g/mol.